The molecule has 1 aromatic carbocycles. The van der Waals surface area contributed by atoms with Gasteiger partial charge < -0.3 is 10.0 Å². The number of rotatable bonds is 2. The van der Waals surface area contributed by atoms with Gasteiger partial charge in [0.05, 0.1) is 11.8 Å². The van der Waals surface area contributed by atoms with Crippen LogP contribution < -0.4 is 4.90 Å². The van der Waals surface area contributed by atoms with E-state index in [-0.39, 0.29) is 11.9 Å². The Balaban J connectivity index is 1.94. The molecule has 0 bridgehead atoms. The second-order valence-corrected chi connectivity index (χ2v) is 6.91. The molecule has 3 atom stereocenters. The third-order valence-electron chi connectivity index (χ3n) is 5.35. The molecule has 0 fully saturated rings. The van der Waals surface area contributed by atoms with E-state index < -0.39 is 17.8 Å². The fourth-order valence-electron chi connectivity index (χ4n) is 3.89. The second-order valence-electron chi connectivity index (χ2n) is 6.91. The van der Waals surface area contributed by atoms with E-state index in [2.05, 4.69) is 0 Å². The monoisotopic (exact) mass is 313 g/mol. The first-order valence-electron chi connectivity index (χ1n) is 8.19. The molecule has 2 aliphatic rings. The largest absolute Gasteiger partial charge is 0.481 e. The van der Waals surface area contributed by atoms with Crippen LogP contribution in [-0.4, -0.2) is 23.0 Å². The summed E-state index contributed by atoms with van der Waals surface area (Å²) >= 11 is 0. The van der Waals surface area contributed by atoms with Crippen LogP contribution in [0.2, 0.25) is 0 Å². The molecule has 1 heterocycles. The van der Waals surface area contributed by atoms with Crippen LogP contribution in [0.5, 0.6) is 0 Å². The minimum Gasteiger partial charge on any atom is -0.481 e. The van der Waals surface area contributed by atoms with Crippen molar-refractivity contribution in [3.63, 3.8) is 0 Å². The van der Waals surface area contributed by atoms with E-state index in [1.165, 1.54) is 5.56 Å². The molecule has 0 saturated heterocycles. The highest BCUT2D eigenvalue weighted by Crippen LogP contribution is 2.39. The molecule has 122 valence electrons. The van der Waals surface area contributed by atoms with E-state index in [9.17, 15) is 14.7 Å². The van der Waals surface area contributed by atoms with Gasteiger partial charge in [-0.3, -0.25) is 9.59 Å². The zero-order chi connectivity index (χ0) is 16.7. The van der Waals surface area contributed by atoms with Gasteiger partial charge in [0, 0.05) is 11.7 Å². The molecule has 0 spiro atoms. The fourth-order valence-corrected chi connectivity index (χ4v) is 3.89. The van der Waals surface area contributed by atoms with E-state index in [4.69, 9.17) is 0 Å². The summed E-state index contributed by atoms with van der Waals surface area (Å²) in [5.74, 6) is -1.99. The molecule has 1 N–H and O–H groups in total. The van der Waals surface area contributed by atoms with Gasteiger partial charge in [0.1, 0.15) is 0 Å². The standard InChI is InChI=1S/C19H23NO3/c1-11-8-15(16(19(22)23)9-12(11)2)18(21)20-13(3)10-14-6-4-5-7-17(14)20/h4-7,13,15-16H,8-10H2,1-3H3,(H,22,23)/t13-,15+,16-/m0/s1. The number of carboxylic acids is 1. The Morgan fingerprint density at radius 2 is 1.65 bits per heavy atom. The molecule has 1 amide bonds. The number of carbonyl (C=O) groups is 2. The third-order valence-corrected chi connectivity index (χ3v) is 5.35. The number of para-hydroxylation sites is 1. The van der Waals surface area contributed by atoms with E-state index in [1.807, 2.05) is 49.9 Å². The topological polar surface area (TPSA) is 57.6 Å². The van der Waals surface area contributed by atoms with Crippen LogP contribution >= 0.6 is 0 Å². The number of carboxylic acid groups (broad SMARTS) is 1. The van der Waals surface area contributed by atoms with E-state index in [1.54, 1.807) is 0 Å². The molecule has 3 rings (SSSR count). The molecular weight excluding hydrogens is 290 g/mol. The first-order valence-corrected chi connectivity index (χ1v) is 8.19. The van der Waals surface area contributed by atoms with Crippen molar-refractivity contribution < 1.29 is 14.7 Å². The summed E-state index contributed by atoms with van der Waals surface area (Å²) in [5.41, 5.74) is 4.37. The number of amides is 1. The Bertz CT molecular complexity index is 692. The quantitative estimate of drug-likeness (QED) is 0.851. The molecule has 0 saturated carbocycles. The van der Waals surface area contributed by atoms with Crippen LogP contribution in [0.1, 0.15) is 39.2 Å². The van der Waals surface area contributed by atoms with Crippen molar-refractivity contribution in [2.24, 2.45) is 11.8 Å². The van der Waals surface area contributed by atoms with Gasteiger partial charge in [0.2, 0.25) is 5.91 Å². The van der Waals surface area contributed by atoms with Gasteiger partial charge in [-0.05, 0) is 51.7 Å². The first kappa shape index (κ1) is 15.8. The van der Waals surface area contributed by atoms with Crippen molar-refractivity contribution in [2.45, 2.75) is 46.1 Å². The molecule has 0 radical (unpaired) electrons. The molecular formula is C19H23NO3. The highest BCUT2D eigenvalue weighted by atomic mass is 16.4. The Kier molecular flexibility index (Phi) is 4.00. The summed E-state index contributed by atoms with van der Waals surface area (Å²) in [5, 5.41) is 9.57. The molecule has 1 aromatic rings. The normalized spacial score (nSPS) is 27.1. The average molecular weight is 313 g/mol. The van der Waals surface area contributed by atoms with Crippen LogP contribution in [0.4, 0.5) is 5.69 Å². The lowest BCUT2D eigenvalue weighted by molar-refractivity contribution is -0.147. The number of carbonyl (C=O) groups excluding carboxylic acids is 1. The summed E-state index contributed by atoms with van der Waals surface area (Å²) in [6.07, 6.45) is 1.86. The van der Waals surface area contributed by atoms with Gasteiger partial charge in [0.25, 0.3) is 0 Å². The average Bonchev–Trinajstić information content (AvgIpc) is 2.84. The lowest BCUT2D eigenvalue weighted by Crippen LogP contribution is -2.45. The van der Waals surface area contributed by atoms with Crippen LogP contribution in [0.25, 0.3) is 0 Å². The van der Waals surface area contributed by atoms with Gasteiger partial charge in [-0.2, -0.15) is 0 Å². The molecule has 0 unspecified atom stereocenters. The number of hydrogen-bond donors (Lipinski definition) is 1. The maximum absolute atomic E-state index is 13.2. The van der Waals surface area contributed by atoms with Crippen LogP contribution in [-0.2, 0) is 16.0 Å². The number of allylic oxidation sites excluding steroid dienone is 2. The zero-order valence-corrected chi connectivity index (χ0v) is 13.9. The predicted octanol–water partition coefficient (Wildman–Crippen LogP) is 3.41. The molecule has 1 aliphatic carbocycles. The minimum atomic E-state index is -0.865. The SMILES string of the molecule is CC1=C(C)C[C@@H](C(=O)N2c3ccccc3C[C@@H]2C)[C@@H](C(=O)O)C1. The van der Waals surface area contributed by atoms with Crippen molar-refractivity contribution in [1.29, 1.82) is 0 Å². The molecule has 4 heteroatoms. The van der Waals surface area contributed by atoms with Crippen molar-refractivity contribution in [1.82, 2.24) is 0 Å². The van der Waals surface area contributed by atoms with Crippen LogP contribution in [0.15, 0.2) is 35.4 Å². The smallest absolute Gasteiger partial charge is 0.307 e. The number of nitrogens with zero attached hydrogens (tertiary/aromatic N) is 1. The highest BCUT2D eigenvalue weighted by Gasteiger charge is 2.42. The van der Waals surface area contributed by atoms with E-state index >= 15 is 0 Å². The summed E-state index contributed by atoms with van der Waals surface area (Å²) < 4.78 is 0. The van der Waals surface area contributed by atoms with Gasteiger partial charge in [0.15, 0.2) is 0 Å². The van der Waals surface area contributed by atoms with E-state index in [0.29, 0.717) is 12.8 Å². The van der Waals surface area contributed by atoms with Gasteiger partial charge in [-0.15, -0.1) is 0 Å². The van der Waals surface area contributed by atoms with Gasteiger partial charge in [-0.1, -0.05) is 29.3 Å². The van der Waals surface area contributed by atoms with E-state index in [0.717, 1.165) is 23.3 Å². The highest BCUT2D eigenvalue weighted by molar-refractivity contribution is 5.99. The Hall–Kier alpha value is -2.10. The Morgan fingerprint density at radius 1 is 1.04 bits per heavy atom. The van der Waals surface area contributed by atoms with Crippen molar-refractivity contribution in [3.05, 3.63) is 41.0 Å². The van der Waals surface area contributed by atoms with Crippen molar-refractivity contribution >= 4 is 17.6 Å². The maximum Gasteiger partial charge on any atom is 0.307 e. The zero-order valence-electron chi connectivity index (χ0n) is 13.9. The summed E-state index contributed by atoms with van der Waals surface area (Å²) in [6.45, 7) is 6.01. The Morgan fingerprint density at radius 3 is 2.30 bits per heavy atom. The van der Waals surface area contributed by atoms with Crippen LogP contribution in [0, 0.1) is 11.8 Å². The van der Waals surface area contributed by atoms with Crippen molar-refractivity contribution in [2.75, 3.05) is 4.90 Å². The van der Waals surface area contributed by atoms with Gasteiger partial charge in [-0.25, -0.2) is 0 Å². The molecule has 4 nitrogen and oxygen atoms in total. The maximum atomic E-state index is 13.2. The third kappa shape index (κ3) is 2.67. The first-order chi connectivity index (χ1) is 10.9. The van der Waals surface area contributed by atoms with Crippen LogP contribution in [0.3, 0.4) is 0 Å². The number of anilines is 1. The molecule has 23 heavy (non-hydrogen) atoms. The Labute approximate surface area is 136 Å². The summed E-state index contributed by atoms with van der Waals surface area (Å²) in [6, 6.07) is 8.01. The summed E-state index contributed by atoms with van der Waals surface area (Å²) in [7, 11) is 0. The number of fused-ring (bicyclic) bond motifs is 1. The second kappa shape index (κ2) is 5.84. The fraction of sp³-hybridized carbons (Fsp3) is 0.474. The number of benzene rings is 1. The summed E-state index contributed by atoms with van der Waals surface area (Å²) in [4.78, 5) is 26.7. The van der Waals surface area contributed by atoms with Crippen molar-refractivity contribution in [3.8, 4) is 0 Å². The lowest BCUT2D eigenvalue weighted by Gasteiger charge is -2.34. The minimum absolute atomic E-state index is 0.0401. The number of hydrogen-bond acceptors (Lipinski definition) is 2. The number of aliphatic carboxylic acids is 1. The molecule has 1 aliphatic heterocycles. The predicted molar refractivity (Wildman–Crippen MR) is 89.3 cm³/mol. The lowest BCUT2D eigenvalue weighted by atomic mass is 9.75. The molecule has 0 aromatic heterocycles. The van der Waals surface area contributed by atoms with Gasteiger partial charge >= 0.3 is 5.97 Å².